The van der Waals surface area contributed by atoms with Gasteiger partial charge in [-0.05, 0) is 42.7 Å². The van der Waals surface area contributed by atoms with Crippen LogP contribution in [0.2, 0.25) is 5.02 Å². The molecule has 0 spiro atoms. The molecule has 0 unspecified atom stereocenters. The molecule has 1 saturated carbocycles. The number of benzene rings is 2. The van der Waals surface area contributed by atoms with Gasteiger partial charge in [-0.2, -0.15) is 5.26 Å². The molecule has 0 atom stereocenters. The first kappa shape index (κ1) is 18.0. The van der Waals surface area contributed by atoms with E-state index in [1.807, 2.05) is 18.2 Å². The predicted octanol–water partition coefficient (Wildman–Crippen LogP) is 3.82. The van der Waals surface area contributed by atoms with Gasteiger partial charge in [-0.3, -0.25) is 9.59 Å². The van der Waals surface area contributed by atoms with Gasteiger partial charge in [0.15, 0.2) is 0 Å². The van der Waals surface area contributed by atoms with Gasteiger partial charge in [-0.25, -0.2) is 0 Å². The van der Waals surface area contributed by atoms with Crippen LogP contribution in [-0.2, 0) is 19.7 Å². The molecule has 6 heteroatoms. The molecule has 5 nitrogen and oxygen atoms in total. The maximum absolute atomic E-state index is 12.4. The second kappa shape index (κ2) is 7.59. The monoisotopic (exact) mass is 368 g/mol. The average Bonchev–Trinajstić information content (AvgIpc) is 3.44. The number of nitriles is 1. The van der Waals surface area contributed by atoms with Gasteiger partial charge in [0.2, 0.25) is 5.91 Å². The lowest BCUT2D eigenvalue weighted by Gasteiger charge is -2.15. The van der Waals surface area contributed by atoms with Gasteiger partial charge in [0.1, 0.15) is 12.7 Å². The highest BCUT2D eigenvalue weighted by Gasteiger charge is 2.52. The number of nitrogens with zero attached hydrogens (tertiary/aromatic N) is 1. The van der Waals surface area contributed by atoms with Crippen molar-refractivity contribution in [2.45, 2.75) is 24.7 Å². The number of anilines is 1. The fraction of sp³-hybridized carbons (Fsp3) is 0.250. The highest BCUT2D eigenvalue weighted by molar-refractivity contribution is 6.30. The number of halogens is 1. The quantitative estimate of drug-likeness (QED) is 0.786. The Balaban J connectivity index is 1.52. The molecule has 0 aliphatic heterocycles. The molecule has 2 aromatic rings. The van der Waals surface area contributed by atoms with Gasteiger partial charge in [0.05, 0.1) is 23.1 Å². The lowest BCUT2D eigenvalue weighted by atomic mass is 9.96. The number of ether oxygens (including phenoxy) is 1. The summed E-state index contributed by atoms with van der Waals surface area (Å²) in [5.41, 5.74) is 1.12. The fourth-order valence-corrected chi connectivity index (χ4v) is 2.91. The third-order valence-electron chi connectivity index (χ3n) is 4.42. The molecule has 1 fully saturated rings. The zero-order valence-electron chi connectivity index (χ0n) is 14.0. The summed E-state index contributed by atoms with van der Waals surface area (Å²) in [5, 5.41) is 12.3. The van der Waals surface area contributed by atoms with E-state index in [2.05, 4.69) is 5.32 Å². The van der Waals surface area contributed by atoms with E-state index in [1.165, 1.54) is 0 Å². The minimum Gasteiger partial charge on any atom is -0.464 e. The summed E-state index contributed by atoms with van der Waals surface area (Å²) in [6.07, 6.45) is 1.49. The molecule has 0 aromatic heterocycles. The van der Waals surface area contributed by atoms with Crippen molar-refractivity contribution < 1.29 is 14.3 Å². The Labute approximate surface area is 156 Å². The summed E-state index contributed by atoms with van der Waals surface area (Å²) in [6.45, 7) is -0.00523. The SMILES string of the molecule is N#Cc1ccccc1NC(=O)CCOC(=O)C1(c2ccc(Cl)cc2)CC1. The summed E-state index contributed by atoms with van der Waals surface area (Å²) < 4.78 is 5.32. The van der Waals surface area contributed by atoms with Crippen LogP contribution < -0.4 is 5.32 Å². The first-order chi connectivity index (χ1) is 12.5. The number of para-hydroxylation sites is 1. The summed E-state index contributed by atoms with van der Waals surface area (Å²) in [4.78, 5) is 24.4. The molecule has 0 saturated heterocycles. The summed E-state index contributed by atoms with van der Waals surface area (Å²) in [6, 6.07) is 15.9. The van der Waals surface area contributed by atoms with E-state index in [-0.39, 0.29) is 24.9 Å². The Bertz CT molecular complexity index is 867. The summed E-state index contributed by atoms with van der Waals surface area (Å²) in [7, 11) is 0. The van der Waals surface area contributed by atoms with Crippen molar-refractivity contribution in [2.24, 2.45) is 0 Å². The molecule has 1 aliphatic carbocycles. The molecule has 0 heterocycles. The van der Waals surface area contributed by atoms with Crippen LogP contribution in [0.15, 0.2) is 48.5 Å². The van der Waals surface area contributed by atoms with Crippen LogP contribution in [0.1, 0.15) is 30.4 Å². The normalized spacial score (nSPS) is 14.2. The van der Waals surface area contributed by atoms with Crippen LogP contribution >= 0.6 is 11.6 Å². The lowest BCUT2D eigenvalue weighted by Crippen LogP contribution is -2.25. The zero-order chi connectivity index (χ0) is 18.6. The highest BCUT2D eigenvalue weighted by atomic mass is 35.5. The molecule has 1 aliphatic rings. The number of esters is 1. The smallest absolute Gasteiger partial charge is 0.316 e. The van der Waals surface area contributed by atoms with Crippen molar-refractivity contribution in [2.75, 3.05) is 11.9 Å². The average molecular weight is 369 g/mol. The molecule has 2 aromatic carbocycles. The third-order valence-corrected chi connectivity index (χ3v) is 4.67. The topological polar surface area (TPSA) is 79.2 Å². The summed E-state index contributed by atoms with van der Waals surface area (Å²) in [5.74, 6) is -0.623. The van der Waals surface area contributed by atoms with E-state index >= 15 is 0 Å². The number of carbonyl (C=O) groups is 2. The molecule has 0 bridgehead atoms. The maximum Gasteiger partial charge on any atom is 0.316 e. The van der Waals surface area contributed by atoms with Gasteiger partial charge in [0.25, 0.3) is 0 Å². The molecule has 3 rings (SSSR count). The van der Waals surface area contributed by atoms with Crippen molar-refractivity contribution in [3.63, 3.8) is 0 Å². The Morgan fingerprint density at radius 2 is 1.85 bits per heavy atom. The Kier molecular flexibility index (Phi) is 5.24. The van der Waals surface area contributed by atoms with Crippen LogP contribution in [0.4, 0.5) is 5.69 Å². The van der Waals surface area contributed by atoms with Crippen LogP contribution in [0.25, 0.3) is 0 Å². The first-order valence-corrected chi connectivity index (χ1v) is 8.65. The van der Waals surface area contributed by atoms with Crippen LogP contribution in [0.3, 0.4) is 0 Å². The van der Waals surface area contributed by atoms with E-state index in [9.17, 15) is 9.59 Å². The van der Waals surface area contributed by atoms with Crippen molar-refractivity contribution in [3.8, 4) is 6.07 Å². The minimum absolute atomic E-state index is 0.00523. The van der Waals surface area contributed by atoms with Gasteiger partial charge in [-0.1, -0.05) is 35.9 Å². The van der Waals surface area contributed by atoms with Crippen molar-refractivity contribution in [3.05, 3.63) is 64.7 Å². The number of hydrogen-bond acceptors (Lipinski definition) is 4. The number of rotatable bonds is 6. The van der Waals surface area contributed by atoms with E-state index in [4.69, 9.17) is 21.6 Å². The Hall–Kier alpha value is -2.84. The van der Waals surface area contributed by atoms with Gasteiger partial charge in [-0.15, -0.1) is 0 Å². The lowest BCUT2D eigenvalue weighted by molar-refractivity contribution is -0.147. The molecule has 1 amide bonds. The number of amides is 1. The maximum atomic E-state index is 12.4. The van der Waals surface area contributed by atoms with Crippen LogP contribution in [-0.4, -0.2) is 18.5 Å². The largest absolute Gasteiger partial charge is 0.464 e. The van der Waals surface area contributed by atoms with Gasteiger partial charge in [0, 0.05) is 5.02 Å². The number of nitrogens with one attached hydrogen (secondary N) is 1. The molecular formula is C20H17ClN2O3. The van der Waals surface area contributed by atoms with E-state index in [1.54, 1.807) is 36.4 Å². The van der Waals surface area contributed by atoms with Gasteiger partial charge < -0.3 is 10.1 Å². The number of hydrogen-bond donors (Lipinski definition) is 1. The standard InChI is InChI=1S/C20H17ClN2O3/c21-16-7-5-15(6-8-16)20(10-11-20)19(25)26-12-9-18(24)23-17-4-2-1-3-14(17)13-22/h1-8H,9-12H2,(H,23,24). The first-order valence-electron chi connectivity index (χ1n) is 8.27. The Morgan fingerprint density at radius 1 is 1.15 bits per heavy atom. The van der Waals surface area contributed by atoms with Crippen molar-refractivity contribution in [1.29, 1.82) is 5.26 Å². The van der Waals surface area contributed by atoms with E-state index in [0.717, 1.165) is 18.4 Å². The molecule has 26 heavy (non-hydrogen) atoms. The highest BCUT2D eigenvalue weighted by Crippen LogP contribution is 2.49. The van der Waals surface area contributed by atoms with Crippen molar-refractivity contribution in [1.82, 2.24) is 0 Å². The van der Waals surface area contributed by atoms with E-state index < -0.39 is 5.41 Å². The fourth-order valence-electron chi connectivity index (χ4n) is 2.78. The van der Waals surface area contributed by atoms with Crippen molar-refractivity contribution >= 4 is 29.2 Å². The van der Waals surface area contributed by atoms with Crippen LogP contribution in [0, 0.1) is 11.3 Å². The predicted molar refractivity (Wildman–Crippen MR) is 97.7 cm³/mol. The minimum atomic E-state index is -0.603. The summed E-state index contributed by atoms with van der Waals surface area (Å²) >= 11 is 5.89. The zero-order valence-corrected chi connectivity index (χ0v) is 14.8. The Morgan fingerprint density at radius 3 is 2.50 bits per heavy atom. The third kappa shape index (κ3) is 3.87. The number of carbonyl (C=O) groups excluding carboxylic acids is 2. The molecular weight excluding hydrogens is 352 g/mol. The van der Waals surface area contributed by atoms with Gasteiger partial charge >= 0.3 is 5.97 Å². The molecule has 0 radical (unpaired) electrons. The van der Waals surface area contributed by atoms with E-state index in [0.29, 0.717) is 16.3 Å². The molecule has 1 N–H and O–H groups in total. The molecule has 132 valence electrons. The second-order valence-electron chi connectivity index (χ2n) is 6.18. The van der Waals surface area contributed by atoms with Crippen LogP contribution in [0.5, 0.6) is 0 Å². The second-order valence-corrected chi connectivity index (χ2v) is 6.62.